The van der Waals surface area contributed by atoms with Crippen molar-refractivity contribution < 1.29 is 19.4 Å². The Hall–Kier alpha value is -2.04. The van der Waals surface area contributed by atoms with Crippen molar-refractivity contribution in [3.05, 3.63) is 29.8 Å². The zero-order valence-corrected chi connectivity index (χ0v) is 12.1. The molecule has 0 spiro atoms. The molecule has 0 radical (unpaired) electrons. The molecule has 2 N–H and O–H groups in total. The highest BCUT2D eigenvalue weighted by atomic mass is 16.5. The lowest BCUT2D eigenvalue weighted by Crippen LogP contribution is -2.29. The number of aliphatic carboxylic acids is 1. The van der Waals surface area contributed by atoms with Gasteiger partial charge in [-0.3, -0.25) is 9.59 Å². The summed E-state index contributed by atoms with van der Waals surface area (Å²) in [4.78, 5) is 22.5. The van der Waals surface area contributed by atoms with E-state index >= 15 is 0 Å². The van der Waals surface area contributed by atoms with Crippen molar-refractivity contribution in [1.82, 2.24) is 5.32 Å². The average molecular weight is 279 g/mol. The first-order valence-electron chi connectivity index (χ1n) is 6.65. The van der Waals surface area contributed by atoms with Crippen LogP contribution in [0, 0.1) is 5.92 Å². The maximum Gasteiger partial charge on any atom is 0.303 e. The highest BCUT2D eigenvalue weighted by molar-refractivity contribution is 5.94. The number of ether oxygens (including phenoxy) is 1. The second-order valence-electron chi connectivity index (χ2n) is 5.11. The minimum absolute atomic E-state index is 0.0385. The number of carboxylic acids is 1. The van der Waals surface area contributed by atoms with E-state index in [4.69, 9.17) is 9.84 Å². The van der Waals surface area contributed by atoms with E-state index in [0.29, 0.717) is 17.9 Å². The summed E-state index contributed by atoms with van der Waals surface area (Å²) >= 11 is 0. The standard InChI is InChI=1S/C15H21NO4/c1-10(2)20-13-6-4-5-12(8-13)15(19)16-9-11(3)7-14(17)18/h4-6,8,10-11H,7,9H2,1-3H3,(H,16,19)(H,17,18). The molecule has 1 amide bonds. The van der Waals surface area contributed by atoms with Crippen LogP contribution in [0.1, 0.15) is 37.6 Å². The third kappa shape index (κ3) is 5.73. The molecule has 0 saturated heterocycles. The molecule has 0 saturated carbocycles. The molecule has 110 valence electrons. The number of carbonyl (C=O) groups excluding carboxylic acids is 1. The van der Waals surface area contributed by atoms with E-state index in [0.717, 1.165) is 0 Å². The van der Waals surface area contributed by atoms with Crippen LogP contribution in [-0.2, 0) is 4.79 Å². The average Bonchev–Trinajstić information content (AvgIpc) is 2.34. The number of amides is 1. The van der Waals surface area contributed by atoms with Gasteiger partial charge in [0.2, 0.25) is 0 Å². The van der Waals surface area contributed by atoms with Gasteiger partial charge in [0.15, 0.2) is 0 Å². The van der Waals surface area contributed by atoms with Gasteiger partial charge < -0.3 is 15.2 Å². The summed E-state index contributed by atoms with van der Waals surface area (Å²) in [6.07, 6.45) is 0.0838. The first kappa shape index (κ1) is 16.0. The number of nitrogens with one attached hydrogen (secondary N) is 1. The van der Waals surface area contributed by atoms with Crippen LogP contribution in [0.4, 0.5) is 0 Å². The summed E-state index contributed by atoms with van der Waals surface area (Å²) in [6, 6.07) is 6.93. The van der Waals surface area contributed by atoms with Gasteiger partial charge in [0.25, 0.3) is 5.91 Å². The highest BCUT2D eigenvalue weighted by Crippen LogP contribution is 2.15. The van der Waals surface area contributed by atoms with Gasteiger partial charge in [-0.2, -0.15) is 0 Å². The molecule has 5 heteroatoms. The Morgan fingerprint density at radius 3 is 2.60 bits per heavy atom. The minimum atomic E-state index is -0.862. The second-order valence-corrected chi connectivity index (χ2v) is 5.11. The molecule has 1 atom stereocenters. The van der Waals surface area contributed by atoms with Gasteiger partial charge in [0.1, 0.15) is 5.75 Å². The van der Waals surface area contributed by atoms with Gasteiger partial charge in [-0.15, -0.1) is 0 Å². The smallest absolute Gasteiger partial charge is 0.303 e. The lowest BCUT2D eigenvalue weighted by atomic mass is 10.1. The predicted octanol–water partition coefficient (Wildman–Crippen LogP) is 2.31. The normalized spacial score (nSPS) is 12.0. The van der Waals surface area contributed by atoms with Crippen LogP contribution < -0.4 is 10.1 Å². The van der Waals surface area contributed by atoms with Gasteiger partial charge in [-0.1, -0.05) is 13.0 Å². The van der Waals surface area contributed by atoms with Crippen LogP contribution in [-0.4, -0.2) is 29.6 Å². The molecule has 1 rings (SSSR count). The van der Waals surface area contributed by atoms with E-state index in [1.165, 1.54) is 0 Å². The van der Waals surface area contributed by atoms with Crippen molar-refractivity contribution in [1.29, 1.82) is 0 Å². The topological polar surface area (TPSA) is 75.6 Å². The number of benzene rings is 1. The lowest BCUT2D eigenvalue weighted by Gasteiger charge is -2.12. The Morgan fingerprint density at radius 1 is 1.30 bits per heavy atom. The maximum atomic E-state index is 12.0. The van der Waals surface area contributed by atoms with Crippen LogP contribution in [0.15, 0.2) is 24.3 Å². The molecule has 0 bridgehead atoms. The van der Waals surface area contributed by atoms with Crippen LogP contribution in [0.5, 0.6) is 5.75 Å². The van der Waals surface area contributed by atoms with E-state index < -0.39 is 5.97 Å². The summed E-state index contributed by atoms with van der Waals surface area (Å²) < 4.78 is 5.53. The zero-order chi connectivity index (χ0) is 15.1. The molecule has 0 aliphatic heterocycles. The Bertz CT molecular complexity index is 471. The Kier molecular flexibility index (Phi) is 6.03. The number of hydrogen-bond donors (Lipinski definition) is 2. The number of carboxylic acid groups (broad SMARTS) is 1. The van der Waals surface area contributed by atoms with Crippen molar-refractivity contribution in [3.8, 4) is 5.75 Å². The van der Waals surface area contributed by atoms with E-state index in [9.17, 15) is 9.59 Å². The van der Waals surface area contributed by atoms with Crippen molar-refractivity contribution in [3.63, 3.8) is 0 Å². The highest BCUT2D eigenvalue weighted by Gasteiger charge is 2.11. The fourth-order valence-electron chi connectivity index (χ4n) is 1.72. The van der Waals surface area contributed by atoms with Gasteiger partial charge in [0, 0.05) is 18.5 Å². The first-order valence-corrected chi connectivity index (χ1v) is 6.65. The third-order valence-corrected chi connectivity index (χ3v) is 2.60. The summed E-state index contributed by atoms with van der Waals surface area (Å²) in [5.41, 5.74) is 0.505. The summed E-state index contributed by atoms with van der Waals surface area (Å²) in [6.45, 7) is 5.95. The van der Waals surface area contributed by atoms with E-state index in [1.807, 2.05) is 13.8 Å². The predicted molar refractivity (Wildman–Crippen MR) is 76.0 cm³/mol. The van der Waals surface area contributed by atoms with Gasteiger partial charge in [-0.05, 0) is 38.0 Å². The molecule has 1 unspecified atom stereocenters. The number of rotatable bonds is 7. The molecule has 0 heterocycles. The Labute approximate surface area is 118 Å². The van der Waals surface area contributed by atoms with Crippen molar-refractivity contribution in [2.45, 2.75) is 33.3 Å². The van der Waals surface area contributed by atoms with Gasteiger partial charge in [-0.25, -0.2) is 0 Å². The zero-order valence-electron chi connectivity index (χ0n) is 12.1. The molecule has 0 aromatic heterocycles. The van der Waals surface area contributed by atoms with Crippen LogP contribution >= 0.6 is 0 Å². The molecule has 5 nitrogen and oxygen atoms in total. The van der Waals surface area contributed by atoms with Crippen LogP contribution in [0.25, 0.3) is 0 Å². The van der Waals surface area contributed by atoms with Gasteiger partial charge in [0.05, 0.1) is 6.10 Å². The number of hydrogen-bond acceptors (Lipinski definition) is 3. The monoisotopic (exact) mass is 279 g/mol. The number of carbonyl (C=O) groups is 2. The largest absolute Gasteiger partial charge is 0.491 e. The van der Waals surface area contributed by atoms with Crippen molar-refractivity contribution in [2.75, 3.05) is 6.54 Å². The summed E-state index contributed by atoms with van der Waals surface area (Å²) in [5, 5.41) is 11.4. The molecule has 0 aliphatic rings. The molecule has 20 heavy (non-hydrogen) atoms. The van der Waals surface area contributed by atoms with Crippen LogP contribution in [0.2, 0.25) is 0 Å². The van der Waals surface area contributed by atoms with E-state index in [2.05, 4.69) is 5.32 Å². The molecule has 0 aliphatic carbocycles. The molecule has 1 aromatic carbocycles. The quantitative estimate of drug-likeness (QED) is 0.803. The molecule has 1 aromatic rings. The SMILES string of the molecule is CC(CNC(=O)c1cccc(OC(C)C)c1)CC(=O)O. The van der Waals surface area contributed by atoms with Crippen molar-refractivity contribution in [2.24, 2.45) is 5.92 Å². The molecular formula is C15H21NO4. The third-order valence-electron chi connectivity index (χ3n) is 2.60. The summed E-state index contributed by atoms with van der Waals surface area (Å²) in [5.74, 6) is -0.548. The van der Waals surface area contributed by atoms with E-state index in [1.54, 1.807) is 31.2 Å². The van der Waals surface area contributed by atoms with Crippen LogP contribution in [0.3, 0.4) is 0 Å². The second kappa shape index (κ2) is 7.53. The fourth-order valence-corrected chi connectivity index (χ4v) is 1.72. The lowest BCUT2D eigenvalue weighted by molar-refractivity contribution is -0.137. The maximum absolute atomic E-state index is 12.0. The van der Waals surface area contributed by atoms with Gasteiger partial charge >= 0.3 is 5.97 Å². The fraction of sp³-hybridized carbons (Fsp3) is 0.467. The Balaban J connectivity index is 2.57. The van der Waals surface area contributed by atoms with Crippen molar-refractivity contribution >= 4 is 11.9 Å². The summed E-state index contributed by atoms with van der Waals surface area (Å²) in [7, 11) is 0. The minimum Gasteiger partial charge on any atom is -0.491 e. The molecular weight excluding hydrogens is 258 g/mol. The first-order chi connectivity index (χ1) is 9.38. The Morgan fingerprint density at radius 2 is 2.00 bits per heavy atom. The van der Waals surface area contributed by atoms with E-state index in [-0.39, 0.29) is 24.3 Å². The molecule has 0 fully saturated rings.